The first-order valence-electron chi connectivity index (χ1n) is 6.57. The summed E-state index contributed by atoms with van der Waals surface area (Å²) in [7, 11) is 0. The second kappa shape index (κ2) is 5.07. The molecule has 1 aromatic rings. The van der Waals surface area contributed by atoms with Crippen molar-refractivity contribution in [1.29, 1.82) is 0 Å². The summed E-state index contributed by atoms with van der Waals surface area (Å²) in [6.07, 6.45) is 2.37. The average Bonchev–Trinajstić information content (AvgIpc) is 2.81. The van der Waals surface area contributed by atoms with E-state index in [0.29, 0.717) is 6.04 Å². The molecule has 2 aliphatic rings. The van der Waals surface area contributed by atoms with Crippen LogP contribution in [0.3, 0.4) is 0 Å². The first-order valence-corrected chi connectivity index (χ1v) is 6.57. The molecule has 2 heterocycles. The van der Waals surface area contributed by atoms with Crippen molar-refractivity contribution in [3.63, 3.8) is 0 Å². The van der Waals surface area contributed by atoms with E-state index in [0.717, 1.165) is 26.3 Å². The van der Waals surface area contributed by atoms with E-state index in [-0.39, 0.29) is 0 Å². The molecular weight excluding hydrogens is 212 g/mol. The fourth-order valence-corrected chi connectivity index (χ4v) is 2.76. The number of anilines is 1. The number of nitrogens with zero attached hydrogens (tertiary/aromatic N) is 1. The van der Waals surface area contributed by atoms with Gasteiger partial charge in [0.2, 0.25) is 0 Å². The van der Waals surface area contributed by atoms with Crippen LogP contribution in [-0.2, 0) is 11.2 Å². The van der Waals surface area contributed by atoms with E-state index < -0.39 is 0 Å². The molecule has 3 nitrogen and oxygen atoms in total. The summed E-state index contributed by atoms with van der Waals surface area (Å²) >= 11 is 0. The highest BCUT2D eigenvalue weighted by atomic mass is 16.5. The van der Waals surface area contributed by atoms with Crippen molar-refractivity contribution >= 4 is 5.69 Å². The predicted molar refractivity (Wildman–Crippen MR) is 69.6 cm³/mol. The third-order valence-corrected chi connectivity index (χ3v) is 3.73. The molecule has 1 aromatic carbocycles. The molecule has 0 spiro atoms. The molecule has 1 N–H and O–H groups in total. The van der Waals surface area contributed by atoms with Crippen molar-refractivity contribution in [3.8, 4) is 0 Å². The molecule has 3 heteroatoms. The van der Waals surface area contributed by atoms with Crippen molar-refractivity contribution < 1.29 is 4.74 Å². The van der Waals surface area contributed by atoms with Gasteiger partial charge in [0.05, 0.1) is 13.2 Å². The number of nitrogens with one attached hydrogen (secondary N) is 1. The van der Waals surface area contributed by atoms with Crippen LogP contribution >= 0.6 is 0 Å². The predicted octanol–water partition coefficient (Wildman–Crippen LogP) is 1.43. The zero-order valence-electron chi connectivity index (χ0n) is 10.2. The van der Waals surface area contributed by atoms with Crippen molar-refractivity contribution in [2.75, 3.05) is 37.7 Å². The molecule has 1 saturated heterocycles. The molecule has 92 valence electrons. The molecule has 2 aliphatic heterocycles. The van der Waals surface area contributed by atoms with Gasteiger partial charge in [-0.2, -0.15) is 0 Å². The standard InChI is InChI=1S/C14H20N2O/c1-2-4-14-12(3-1)5-8-16(14)9-6-13-11-17-10-7-15-13/h1-4,13,15H,5-11H2. The van der Waals surface area contributed by atoms with E-state index in [1.165, 1.54) is 30.6 Å². The molecule has 17 heavy (non-hydrogen) atoms. The van der Waals surface area contributed by atoms with Crippen LogP contribution in [0.5, 0.6) is 0 Å². The van der Waals surface area contributed by atoms with Gasteiger partial charge < -0.3 is 15.0 Å². The zero-order chi connectivity index (χ0) is 11.5. The summed E-state index contributed by atoms with van der Waals surface area (Å²) < 4.78 is 5.49. The van der Waals surface area contributed by atoms with Gasteiger partial charge in [0.1, 0.15) is 0 Å². The topological polar surface area (TPSA) is 24.5 Å². The van der Waals surface area contributed by atoms with Gasteiger partial charge in [0.15, 0.2) is 0 Å². The van der Waals surface area contributed by atoms with Gasteiger partial charge in [0.25, 0.3) is 0 Å². The lowest BCUT2D eigenvalue weighted by atomic mass is 10.1. The number of benzene rings is 1. The van der Waals surface area contributed by atoms with Crippen LogP contribution in [0, 0.1) is 0 Å². The number of rotatable bonds is 3. The lowest BCUT2D eigenvalue weighted by Crippen LogP contribution is -2.43. The number of para-hydroxylation sites is 1. The molecule has 0 amide bonds. The highest BCUT2D eigenvalue weighted by Gasteiger charge is 2.20. The quantitative estimate of drug-likeness (QED) is 0.853. The zero-order valence-corrected chi connectivity index (χ0v) is 10.2. The van der Waals surface area contributed by atoms with Crippen LogP contribution in [0.4, 0.5) is 5.69 Å². The molecular formula is C14H20N2O. The Balaban J connectivity index is 1.56. The van der Waals surface area contributed by atoms with Gasteiger partial charge >= 0.3 is 0 Å². The van der Waals surface area contributed by atoms with Crippen molar-refractivity contribution in [3.05, 3.63) is 29.8 Å². The van der Waals surface area contributed by atoms with Gasteiger partial charge in [-0.05, 0) is 24.5 Å². The number of hydrogen-bond acceptors (Lipinski definition) is 3. The molecule has 3 rings (SSSR count). The Labute approximate surface area is 103 Å². The van der Waals surface area contributed by atoms with Crippen LogP contribution in [0.2, 0.25) is 0 Å². The molecule has 0 saturated carbocycles. The number of fused-ring (bicyclic) bond motifs is 1. The van der Waals surface area contributed by atoms with E-state index in [2.05, 4.69) is 34.5 Å². The van der Waals surface area contributed by atoms with Crippen LogP contribution in [-0.4, -0.2) is 38.9 Å². The lowest BCUT2D eigenvalue weighted by Gasteiger charge is -2.27. The minimum atomic E-state index is 0.538. The van der Waals surface area contributed by atoms with Crippen LogP contribution < -0.4 is 10.2 Å². The molecule has 0 aliphatic carbocycles. The Morgan fingerprint density at radius 2 is 2.29 bits per heavy atom. The molecule has 1 fully saturated rings. The highest BCUT2D eigenvalue weighted by Crippen LogP contribution is 2.27. The monoisotopic (exact) mass is 232 g/mol. The summed E-state index contributed by atoms with van der Waals surface area (Å²) in [4.78, 5) is 2.51. The maximum absolute atomic E-state index is 5.49. The first-order chi connectivity index (χ1) is 8.43. The molecule has 0 bridgehead atoms. The summed E-state index contributed by atoms with van der Waals surface area (Å²) in [5.74, 6) is 0. The fourth-order valence-electron chi connectivity index (χ4n) is 2.76. The Morgan fingerprint density at radius 3 is 3.18 bits per heavy atom. The number of ether oxygens (including phenoxy) is 1. The Morgan fingerprint density at radius 1 is 1.35 bits per heavy atom. The minimum absolute atomic E-state index is 0.538. The van der Waals surface area contributed by atoms with E-state index >= 15 is 0 Å². The average molecular weight is 232 g/mol. The van der Waals surface area contributed by atoms with Gasteiger partial charge in [-0.1, -0.05) is 18.2 Å². The van der Waals surface area contributed by atoms with Crippen molar-refractivity contribution in [2.45, 2.75) is 18.9 Å². The van der Waals surface area contributed by atoms with E-state index in [1.807, 2.05) is 0 Å². The molecule has 1 unspecified atom stereocenters. The van der Waals surface area contributed by atoms with Crippen LogP contribution in [0.15, 0.2) is 24.3 Å². The number of morpholine rings is 1. The smallest absolute Gasteiger partial charge is 0.0620 e. The second-order valence-corrected chi connectivity index (χ2v) is 4.88. The lowest BCUT2D eigenvalue weighted by molar-refractivity contribution is 0.0748. The van der Waals surface area contributed by atoms with Crippen molar-refractivity contribution in [1.82, 2.24) is 5.32 Å². The molecule has 0 radical (unpaired) electrons. The third kappa shape index (κ3) is 2.45. The van der Waals surface area contributed by atoms with Crippen LogP contribution in [0.1, 0.15) is 12.0 Å². The SMILES string of the molecule is c1ccc2c(c1)CCN2CCC1COCCN1. The Hall–Kier alpha value is -1.06. The van der Waals surface area contributed by atoms with Crippen molar-refractivity contribution in [2.24, 2.45) is 0 Å². The highest BCUT2D eigenvalue weighted by molar-refractivity contribution is 5.57. The van der Waals surface area contributed by atoms with Gasteiger partial charge in [-0.3, -0.25) is 0 Å². The number of hydrogen-bond donors (Lipinski definition) is 1. The minimum Gasteiger partial charge on any atom is -0.379 e. The Kier molecular flexibility index (Phi) is 3.29. The van der Waals surface area contributed by atoms with Gasteiger partial charge in [0, 0.05) is 31.4 Å². The summed E-state index contributed by atoms with van der Waals surface area (Å²) in [5, 5.41) is 3.52. The van der Waals surface area contributed by atoms with Gasteiger partial charge in [-0.25, -0.2) is 0 Å². The van der Waals surface area contributed by atoms with E-state index in [9.17, 15) is 0 Å². The normalized spacial score (nSPS) is 23.8. The maximum Gasteiger partial charge on any atom is 0.0620 e. The van der Waals surface area contributed by atoms with Crippen LogP contribution in [0.25, 0.3) is 0 Å². The van der Waals surface area contributed by atoms with Gasteiger partial charge in [-0.15, -0.1) is 0 Å². The second-order valence-electron chi connectivity index (χ2n) is 4.88. The van der Waals surface area contributed by atoms with E-state index in [1.54, 1.807) is 0 Å². The summed E-state index contributed by atoms with van der Waals surface area (Å²) in [6.45, 7) is 5.05. The third-order valence-electron chi connectivity index (χ3n) is 3.73. The van der Waals surface area contributed by atoms with E-state index in [4.69, 9.17) is 4.74 Å². The Bertz CT molecular complexity index is 374. The first kappa shape index (κ1) is 11.1. The fraction of sp³-hybridized carbons (Fsp3) is 0.571. The summed E-state index contributed by atoms with van der Waals surface area (Å²) in [6, 6.07) is 9.30. The molecule has 0 aromatic heterocycles. The maximum atomic E-state index is 5.49. The largest absolute Gasteiger partial charge is 0.379 e. The summed E-state index contributed by atoms with van der Waals surface area (Å²) in [5.41, 5.74) is 2.93. The molecule has 1 atom stereocenters.